The normalized spacial score (nSPS) is 12.5. The molecule has 5 nitrogen and oxygen atoms in total. The van der Waals surface area contributed by atoms with E-state index in [4.69, 9.17) is 15.2 Å². The van der Waals surface area contributed by atoms with Crippen molar-refractivity contribution in [1.82, 2.24) is 5.32 Å². The van der Waals surface area contributed by atoms with Crippen LogP contribution in [0.3, 0.4) is 0 Å². The van der Waals surface area contributed by atoms with Crippen molar-refractivity contribution < 1.29 is 14.3 Å². The minimum atomic E-state index is -0.820. The Morgan fingerprint density at radius 3 is 1.53 bits per heavy atom. The van der Waals surface area contributed by atoms with Crippen molar-refractivity contribution in [3.05, 3.63) is 203 Å². The predicted octanol–water partition coefficient (Wildman–Crippen LogP) is 8.26. The summed E-state index contributed by atoms with van der Waals surface area (Å²) in [7, 11) is 3.34. The lowest BCUT2D eigenvalue weighted by Gasteiger charge is -2.37. The minimum absolute atomic E-state index is 0.217. The van der Waals surface area contributed by atoms with Gasteiger partial charge in [0.1, 0.15) is 11.5 Å². The van der Waals surface area contributed by atoms with Crippen LogP contribution >= 0.6 is 0 Å². The second kappa shape index (κ2) is 14.2. The van der Waals surface area contributed by atoms with Gasteiger partial charge in [-0.3, -0.25) is 4.79 Å². The first-order valence-electron chi connectivity index (χ1n) is 15.7. The second-order valence-electron chi connectivity index (χ2n) is 11.5. The molecule has 3 N–H and O–H groups in total. The Hall–Kier alpha value is -5.65. The molecule has 6 aromatic rings. The third-order valence-corrected chi connectivity index (χ3v) is 8.76. The fourth-order valence-corrected chi connectivity index (χ4v) is 6.43. The number of nitrogens with one attached hydrogen (secondary N) is 1. The first-order chi connectivity index (χ1) is 23.0. The SMILES string of the molecule is COc1cccc(C(c2ccccc2)(c2cccc(OC)c2)c2cccc(C(=O)N[C@@H](c3ccccc3)[C@@H](N)c3ccccc3)c2)c1. The summed E-state index contributed by atoms with van der Waals surface area (Å²) >= 11 is 0. The van der Waals surface area contributed by atoms with Gasteiger partial charge in [-0.15, -0.1) is 0 Å². The molecular weight excluding hydrogens is 580 g/mol. The van der Waals surface area contributed by atoms with E-state index in [1.807, 2.05) is 121 Å². The largest absolute Gasteiger partial charge is 0.497 e. The van der Waals surface area contributed by atoms with Gasteiger partial charge in [0.05, 0.1) is 31.7 Å². The van der Waals surface area contributed by atoms with Crippen LogP contribution in [0.5, 0.6) is 11.5 Å². The molecule has 6 rings (SSSR count). The number of nitrogens with two attached hydrogens (primary N) is 1. The van der Waals surface area contributed by atoms with Gasteiger partial charge >= 0.3 is 0 Å². The van der Waals surface area contributed by atoms with Crippen molar-refractivity contribution in [2.75, 3.05) is 14.2 Å². The van der Waals surface area contributed by atoms with Crippen LogP contribution in [0.2, 0.25) is 0 Å². The zero-order valence-corrected chi connectivity index (χ0v) is 26.5. The Kier molecular flexibility index (Phi) is 9.46. The lowest BCUT2D eigenvalue weighted by Crippen LogP contribution is -2.36. The lowest BCUT2D eigenvalue weighted by atomic mass is 9.65. The number of carbonyl (C=O) groups excluding carboxylic acids is 1. The van der Waals surface area contributed by atoms with Gasteiger partial charge in [0.15, 0.2) is 0 Å². The molecule has 0 aliphatic carbocycles. The zero-order chi connectivity index (χ0) is 32.6. The highest BCUT2D eigenvalue weighted by molar-refractivity contribution is 5.95. The van der Waals surface area contributed by atoms with Crippen LogP contribution in [-0.2, 0) is 5.41 Å². The maximum absolute atomic E-state index is 14.2. The fourth-order valence-electron chi connectivity index (χ4n) is 6.43. The number of amides is 1. The first-order valence-corrected chi connectivity index (χ1v) is 15.7. The average molecular weight is 619 g/mol. The predicted molar refractivity (Wildman–Crippen MR) is 188 cm³/mol. The molecule has 0 spiro atoms. The molecule has 234 valence electrons. The molecule has 2 atom stereocenters. The van der Waals surface area contributed by atoms with Crippen molar-refractivity contribution >= 4 is 5.91 Å². The summed E-state index contributed by atoms with van der Waals surface area (Å²) in [6.07, 6.45) is 0. The molecule has 0 saturated heterocycles. The number of benzene rings is 6. The molecule has 0 unspecified atom stereocenters. The highest BCUT2D eigenvalue weighted by Crippen LogP contribution is 2.47. The molecule has 0 bridgehead atoms. The Labute approximate surface area is 276 Å². The van der Waals surface area contributed by atoms with Crippen LogP contribution in [0.1, 0.15) is 55.8 Å². The van der Waals surface area contributed by atoms with Crippen LogP contribution < -0.4 is 20.5 Å². The molecule has 0 aliphatic rings. The summed E-state index contributed by atoms with van der Waals surface area (Å²) in [5.41, 5.74) is 12.3. The van der Waals surface area contributed by atoms with Gasteiger partial charge in [-0.1, -0.05) is 127 Å². The van der Waals surface area contributed by atoms with E-state index >= 15 is 0 Å². The molecule has 0 aromatic heterocycles. The highest BCUT2D eigenvalue weighted by atomic mass is 16.5. The van der Waals surface area contributed by atoms with E-state index in [-0.39, 0.29) is 5.91 Å². The van der Waals surface area contributed by atoms with Crippen molar-refractivity contribution in [3.63, 3.8) is 0 Å². The molecular formula is C42H38N2O3. The Balaban J connectivity index is 1.51. The molecule has 6 aromatic carbocycles. The summed E-state index contributed by atoms with van der Waals surface area (Å²) in [5.74, 6) is 1.26. The molecule has 0 radical (unpaired) electrons. The Morgan fingerprint density at radius 1 is 0.553 bits per heavy atom. The van der Waals surface area contributed by atoms with E-state index < -0.39 is 17.5 Å². The third kappa shape index (κ3) is 6.39. The van der Waals surface area contributed by atoms with E-state index in [1.54, 1.807) is 14.2 Å². The van der Waals surface area contributed by atoms with E-state index in [0.717, 1.165) is 44.9 Å². The van der Waals surface area contributed by atoms with Crippen molar-refractivity contribution in [2.45, 2.75) is 17.5 Å². The number of hydrogen-bond donors (Lipinski definition) is 2. The molecule has 5 heteroatoms. The van der Waals surface area contributed by atoms with Gasteiger partial charge in [-0.2, -0.15) is 0 Å². The maximum Gasteiger partial charge on any atom is 0.251 e. The van der Waals surface area contributed by atoms with E-state index in [9.17, 15) is 4.79 Å². The standard InChI is InChI=1S/C42H38N2O3/c1-46-37-25-13-23-35(28-37)42(33-20-10-5-11-21-33,36-24-14-26-38(29-36)47-2)34-22-12-19-32(27-34)41(45)44-40(31-17-8-4-9-18-31)39(43)30-15-6-3-7-16-30/h3-29,39-40H,43H2,1-2H3,(H,44,45)/t39-,40-/m0/s1. The van der Waals surface area contributed by atoms with Gasteiger partial charge in [-0.25, -0.2) is 0 Å². The zero-order valence-electron chi connectivity index (χ0n) is 26.5. The Morgan fingerprint density at radius 2 is 1.00 bits per heavy atom. The molecule has 47 heavy (non-hydrogen) atoms. The highest BCUT2D eigenvalue weighted by Gasteiger charge is 2.39. The van der Waals surface area contributed by atoms with Crippen molar-refractivity contribution in [3.8, 4) is 11.5 Å². The van der Waals surface area contributed by atoms with Crippen molar-refractivity contribution in [2.24, 2.45) is 5.73 Å². The molecule has 1 amide bonds. The number of rotatable bonds is 11. The van der Waals surface area contributed by atoms with Crippen LogP contribution in [0, 0.1) is 0 Å². The summed E-state index contributed by atoms with van der Waals surface area (Å²) < 4.78 is 11.4. The van der Waals surface area contributed by atoms with Gasteiger partial charge in [0, 0.05) is 5.56 Å². The topological polar surface area (TPSA) is 73.6 Å². The Bertz CT molecular complexity index is 1880. The lowest BCUT2D eigenvalue weighted by molar-refractivity contribution is 0.0930. The summed E-state index contributed by atoms with van der Waals surface area (Å²) in [5, 5.41) is 3.28. The van der Waals surface area contributed by atoms with Crippen LogP contribution in [0.25, 0.3) is 0 Å². The van der Waals surface area contributed by atoms with E-state index in [1.165, 1.54) is 0 Å². The van der Waals surface area contributed by atoms with E-state index in [0.29, 0.717) is 5.56 Å². The maximum atomic E-state index is 14.2. The van der Waals surface area contributed by atoms with Crippen LogP contribution in [-0.4, -0.2) is 20.1 Å². The van der Waals surface area contributed by atoms with Gasteiger partial charge < -0.3 is 20.5 Å². The van der Waals surface area contributed by atoms with Crippen molar-refractivity contribution in [1.29, 1.82) is 0 Å². The average Bonchev–Trinajstić information content (AvgIpc) is 3.15. The number of carbonyl (C=O) groups is 1. The second-order valence-corrected chi connectivity index (χ2v) is 11.5. The van der Waals surface area contributed by atoms with E-state index in [2.05, 4.69) is 47.8 Å². The first kappa shape index (κ1) is 31.3. The minimum Gasteiger partial charge on any atom is -0.497 e. The quantitative estimate of drug-likeness (QED) is 0.143. The molecule has 0 saturated carbocycles. The van der Waals surface area contributed by atoms with Gasteiger partial charge in [0.25, 0.3) is 5.91 Å². The number of hydrogen-bond acceptors (Lipinski definition) is 4. The molecule has 0 heterocycles. The number of ether oxygens (including phenoxy) is 2. The number of methoxy groups -OCH3 is 2. The summed E-state index contributed by atoms with van der Waals surface area (Å²) in [6.45, 7) is 0. The van der Waals surface area contributed by atoms with Gasteiger partial charge in [-0.05, 0) is 69.8 Å². The summed E-state index contributed by atoms with van der Waals surface area (Å²) in [4.78, 5) is 14.2. The monoisotopic (exact) mass is 618 g/mol. The summed E-state index contributed by atoms with van der Waals surface area (Å²) in [6, 6.07) is 53.2. The molecule has 0 aliphatic heterocycles. The van der Waals surface area contributed by atoms with Crippen LogP contribution in [0.4, 0.5) is 0 Å². The molecule has 0 fully saturated rings. The third-order valence-electron chi connectivity index (χ3n) is 8.76. The smallest absolute Gasteiger partial charge is 0.251 e. The fraction of sp³-hybridized carbons (Fsp3) is 0.119. The van der Waals surface area contributed by atoms with Crippen LogP contribution in [0.15, 0.2) is 164 Å². The van der Waals surface area contributed by atoms with Gasteiger partial charge in [0.2, 0.25) is 0 Å².